The van der Waals surface area contributed by atoms with Gasteiger partial charge in [0, 0.05) is 0 Å². The van der Waals surface area contributed by atoms with E-state index in [-0.39, 0.29) is 11.9 Å². The van der Waals surface area contributed by atoms with E-state index in [1.54, 1.807) is 0 Å². The molecule has 0 bridgehead atoms. The highest BCUT2D eigenvalue weighted by atomic mass is 16.5. The van der Waals surface area contributed by atoms with Crippen molar-refractivity contribution in [3.8, 4) is 0 Å². The quantitative estimate of drug-likeness (QED) is 0.728. The van der Waals surface area contributed by atoms with Crippen LogP contribution in [0.2, 0.25) is 0 Å². The highest BCUT2D eigenvalue weighted by Crippen LogP contribution is 2.41. The third-order valence-electron chi connectivity index (χ3n) is 4.83. The van der Waals surface area contributed by atoms with Gasteiger partial charge in [0.1, 0.15) is 0 Å². The molecule has 1 aliphatic carbocycles. The third kappa shape index (κ3) is 3.43. The number of methoxy groups -OCH3 is 1. The van der Waals surface area contributed by atoms with Gasteiger partial charge in [0.2, 0.25) is 0 Å². The van der Waals surface area contributed by atoms with E-state index < -0.39 is 0 Å². The highest BCUT2D eigenvalue weighted by Gasteiger charge is 2.28. The fourth-order valence-electron chi connectivity index (χ4n) is 3.59. The summed E-state index contributed by atoms with van der Waals surface area (Å²) in [5.41, 5.74) is 7.65. The van der Waals surface area contributed by atoms with Crippen LogP contribution in [0.5, 0.6) is 0 Å². The molecule has 2 aromatic rings. The number of benzene rings is 2. The van der Waals surface area contributed by atoms with Gasteiger partial charge in [0.15, 0.2) is 0 Å². The summed E-state index contributed by atoms with van der Waals surface area (Å²) < 4.78 is 5.00. The normalized spacial score (nSPS) is 17.7. The Hall–Kier alpha value is -2.35. The van der Waals surface area contributed by atoms with Gasteiger partial charge in [-0.3, -0.25) is 4.79 Å². The maximum atomic E-state index is 12.1. The fraction of sp³-hybridized carbons (Fsp3) is 0.318. The molecule has 1 aliphatic rings. The summed E-state index contributed by atoms with van der Waals surface area (Å²) in [7, 11) is 1.48. The minimum Gasteiger partial charge on any atom is -0.469 e. The van der Waals surface area contributed by atoms with Gasteiger partial charge in [-0.25, -0.2) is 0 Å². The lowest BCUT2D eigenvalue weighted by atomic mass is 9.78. The summed E-state index contributed by atoms with van der Waals surface area (Å²) in [6.07, 6.45) is 2.51. The van der Waals surface area contributed by atoms with E-state index in [4.69, 9.17) is 4.74 Å². The number of esters is 1. The summed E-state index contributed by atoms with van der Waals surface area (Å²) in [5, 5.41) is 0. The van der Waals surface area contributed by atoms with Crippen molar-refractivity contribution in [3.63, 3.8) is 0 Å². The fourth-order valence-corrected chi connectivity index (χ4v) is 3.59. The number of carbonyl (C=O) groups is 1. The van der Waals surface area contributed by atoms with Crippen LogP contribution < -0.4 is 0 Å². The topological polar surface area (TPSA) is 26.3 Å². The summed E-state index contributed by atoms with van der Waals surface area (Å²) >= 11 is 0. The Bertz CT molecular complexity index is 786. The largest absolute Gasteiger partial charge is 0.469 e. The second-order valence-corrected chi connectivity index (χ2v) is 6.66. The number of carbonyl (C=O) groups excluding carboxylic acids is 1. The minimum absolute atomic E-state index is 0.0425. The summed E-state index contributed by atoms with van der Waals surface area (Å²) in [6.45, 7) is 4.23. The Morgan fingerprint density at radius 1 is 0.958 bits per heavy atom. The number of allylic oxidation sites excluding steroid dienone is 2. The van der Waals surface area contributed by atoms with Crippen molar-refractivity contribution in [1.29, 1.82) is 0 Å². The molecule has 3 rings (SSSR count). The molecule has 1 atom stereocenters. The molecule has 1 unspecified atom stereocenters. The van der Waals surface area contributed by atoms with Gasteiger partial charge < -0.3 is 4.74 Å². The zero-order valence-corrected chi connectivity index (χ0v) is 14.6. The Labute approximate surface area is 144 Å². The Kier molecular flexibility index (Phi) is 4.84. The predicted molar refractivity (Wildman–Crippen MR) is 98.5 cm³/mol. The molecule has 24 heavy (non-hydrogen) atoms. The van der Waals surface area contributed by atoms with Gasteiger partial charge in [-0.05, 0) is 55.4 Å². The van der Waals surface area contributed by atoms with Crippen LogP contribution >= 0.6 is 0 Å². The lowest BCUT2D eigenvalue weighted by Gasteiger charge is -2.27. The monoisotopic (exact) mass is 320 g/mol. The van der Waals surface area contributed by atoms with Gasteiger partial charge in [-0.1, -0.05) is 59.7 Å². The first-order valence-corrected chi connectivity index (χ1v) is 8.52. The Balaban J connectivity index is 2.10. The van der Waals surface area contributed by atoms with Crippen LogP contribution in [0, 0.1) is 19.8 Å². The van der Waals surface area contributed by atoms with Crippen LogP contribution in [0.3, 0.4) is 0 Å². The van der Waals surface area contributed by atoms with E-state index >= 15 is 0 Å². The number of hydrogen-bond acceptors (Lipinski definition) is 2. The van der Waals surface area contributed by atoms with Crippen LogP contribution in [0.4, 0.5) is 0 Å². The zero-order valence-electron chi connectivity index (χ0n) is 14.6. The lowest BCUT2D eigenvalue weighted by molar-refractivity contribution is -0.145. The van der Waals surface area contributed by atoms with Gasteiger partial charge in [0.05, 0.1) is 13.0 Å². The van der Waals surface area contributed by atoms with Crippen molar-refractivity contribution in [2.75, 3.05) is 7.11 Å². The summed E-state index contributed by atoms with van der Waals surface area (Å²) in [5.74, 6) is -0.137. The minimum atomic E-state index is -0.0940. The molecule has 2 nitrogen and oxygen atoms in total. The molecule has 0 saturated heterocycles. The van der Waals surface area contributed by atoms with Crippen LogP contribution in [0.25, 0.3) is 11.1 Å². The average Bonchev–Trinajstić information content (AvgIpc) is 2.60. The summed E-state index contributed by atoms with van der Waals surface area (Å²) in [6, 6.07) is 17.2. The van der Waals surface area contributed by atoms with E-state index in [0.717, 1.165) is 19.3 Å². The lowest BCUT2D eigenvalue weighted by Crippen LogP contribution is -2.20. The molecule has 2 heteroatoms. The standard InChI is InChI=1S/C22H24O2/c1-15-6-4-8-17(12-15)20-11-10-19(22(23)24-3)14-21(20)18-9-5-7-16(2)13-18/h4-9,12-13,19H,10-11,14H2,1-3H3. The number of aryl methyl sites for hydroxylation is 2. The molecule has 0 saturated carbocycles. The van der Waals surface area contributed by atoms with E-state index in [9.17, 15) is 4.79 Å². The van der Waals surface area contributed by atoms with Crippen molar-refractivity contribution >= 4 is 17.1 Å². The van der Waals surface area contributed by atoms with E-state index in [2.05, 4.69) is 62.4 Å². The van der Waals surface area contributed by atoms with Crippen LogP contribution in [-0.4, -0.2) is 13.1 Å². The van der Waals surface area contributed by atoms with Gasteiger partial charge in [-0.15, -0.1) is 0 Å². The van der Waals surface area contributed by atoms with E-state index in [1.165, 1.54) is 40.5 Å². The van der Waals surface area contributed by atoms with Crippen molar-refractivity contribution < 1.29 is 9.53 Å². The van der Waals surface area contributed by atoms with Crippen molar-refractivity contribution in [2.24, 2.45) is 5.92 Å². The first kappa shape index (κ1) is 16.5. The zero-order chi connectivity index (χ0) is 17.1. The van der Waals surface area contributed by atoms with Crippen molar-refractivity contribution in [3.05, 3.63) is 70.8 Å². The Morgan fingerprint density at radius 3 is 2.08 bits per heavy atom. The van der Waals surface area contributed by atoms with E-state index in [1.807, 2.05) is 0 Å². The number of hydrogen-bond donors (Lipinski definition) is 0. The van der Waals surface area contributed by atoms with Crippen LogP contribution in [-0.2, 0) is 9.53 Å². The van der Waals surface area contributed by atoms with Gasteiger partial charge in [-0.2, -0.15) is 0 Å². The molecule has 0 radical (unpaired) electrons. The second-order valence-electron chi connectivity index (χ2n) is 6.66. The van der Waals surface area contributed by atoms with Crippen LogP contribution in [0.15, 0.2) is 48.5 Å². The number of ether oxygens (including phenoxy) is 1. The molecule has 0 N–H and O–H groups in total. The Morgan fingerprint density at radius 2 is 1.54 bits per heavy atom. The second kappa shape index (κ2) is 7.04. The molecule has 124 valence electrons. The molecular weight excluding hydrogens is 296 g/mol. The van der Waals surface area contributed by atoms with Crippen molar-refractivity contribution in [1.82, 2.24) is 0 Å². The molecule has 0 spiro atoms. The molecule has 0 heterocycles. The predicted octanol–water partition coefficient (Wildman–Crippen LogP) is 5.19. The highest BCUT2D eigenvalue weighted by molar-refractivity contribution is 5.94. The molecular formula is C22H24O2. The summed E-state index contributed by atoms with van der Waals surface area (Å²) in [4.78, 5) is 12.1. The van der Waals surface area contributed by atoms with Crippen molar-refractivity contribution in [2.45, 2.75) is 33.1 Å². The maximum Gasteiger partial charge on any atom is 0.309 e. The molecule has 2 aromatic carbocycles. The molecule has 0 aliphatic heterocycles. The van der Waals surface area contributed by atoms with E-state index in [0.29, 0.717) is 0 Å². The average molecular weight is 320 g/mol. The first-order valence-electron chi connectivity index (χ1n) is 8.52. The first-order chi connectivity index (χ1) is 11.6. The van der Waals surface area contributed by atoms with Crippen LogP contribution in [0.1, 0.15) is 41.5 Å². The third-order valence-corrected chi connectivity index (χ3v) is 4.83. The molecule has 0 fully saturated rings. The van der Waals surface area contributed by atoms with Gasteiger partial charge in [0.25, 0.3) is 0 Å². The number of rotatable bonds is 3. The van der Waals surface area contributed by atoms with Gasteiger partial charge >= 0.3 is 5.97 Å². The SMILES string of the molecule is COC(=O)C1CCC(c2cccc(C)c2)=C(c2cccc(C)c2)C1. The molecule has 0 amide bonds. The smallest absolute Gasteiger partial charge is 0.309 e. The maximum absolute atomic E-state index is 12.1. The molecule has 0 aromatic heterocycles.